The SMILES string of the molecule is CC1COCCN1Cc1ccc(F)cc1C=CC(=O)O. The number of benzene rings is 1. The average Bonchev–Trinajstić information content (AvgIpc) is 2.41. The third kappa shape index (κ3) is 3.88. The Kier molecular flexibility index (Phi) is 4.87. The van der Waals surface area contributed by atoms with Crippen LogP contribution >= 0.6 is 0 Å². The van der Waals surface area contributed by atoms with Crippen molar-refractivity contribution in [1.29, 1.82) is 0 Å². The van der Waals surface area contributed by atoms with Crippen LogP contribution in [0, 0.1) is 5.82 Å². The number of carboxylic acids is 1. The first-order valence-electron chi connectivity index (χ1n) is 6.57. The number of halogens is 1. The summed E-state index contributed by atoms with van der Waals surface area (Å²) in [5.41, 5.74) is 1.52. The number of aliphatic carboxylic acids is 1. The molecule has 5 heteroatoms. The number of ether oxygens (including phenoxy) is 1. The molecule has 0 radical (unpaired) electrons. The molecule has 1 aliphatic heterocycles. The van der Waals surface area contributed by atoms with Crippen LogP contribution in [0.3, 0.4) is 0 Å². The molecule has 1 N–H and O–H groups in total. The quantitative estimate of drug-likeness (QED) is 0.858. The lowest BCUT2D eigenvalue weighted by atomic mass is 10.0. The molecule has 0 bridgehead atoms. The van der Waals surface area contributed by atoms with Crippen molar-refractivity contribution in [1.82, 2.24) is 4.90 Å². The highest BCUT2D eigenvalue weighted by atomic mass is 19.1. The minimum absolute atomic E-state index is 0.296. The van der Waals surface area contributed by atoms with E-state index in [1.165, 1.54) is 18.2 Å². The molecule has 20 heavy (non-hydrogen) atoms. The predicted molar refractivity (Wildman–Crippen MR) is 73.8 cm³/mol. The van der Waals surface area contributed by atoms with Crippen LogP contribution in [-0.2, 0) is 16.1 Å². The monoisotopic (exact) mass is 279 g/mol. The van der Waals surface area contributed by atoms with Gasteiger partial charge in [-0.25, -0.2) is 9.18 Å². The number of hydrogen-bond donors (Lipinski definition) is 1. The Hall–Kier alpha value is -1.72. The predicted octanol–water partition coefficient (Wildman–Crippen LogP) is 2.14. The van der Waals surface area contributed by atoms with E-state index in [2.05, 4.69) is 11.8 Å². The first-order chi connectivity index (χ1) is 9.56. The maximum Gasteiger partial charge on any atom is 0.328 e. The third-order valence-electron chi connectivity index (χ3n) is 3.39. The summed E-state index contributed by atoms with van der Waals surface area (Å²) in [7, 11) is 0. The van der Waals surface area contributed by atoms with E-state index < -0.39 is 5.97 Å². The Morgan fingerprint density at radius 1 is 1.60 bits per heavy atom. The molecule has 0 amide bonds. The van der Waals surface area contributed by atoms with Gasteiger partial charge in [0.1, 0.15) is 5.82 Å². The van der Waals surface area contributed by atoms with Gasteiger partial charge >= 0.3 is 5.97 Å². The summed E-state index contributed by atoms with van der Waals surface area (Å²) in [6, 6.07) is 4.77. The van der Waals surface area contributed by atoms with Crippen molar-refractivity contribution in [2.45, 2.75) is 19.5 Å². The maximum atomic E-state index is 13.3. The van der Waals surface area contributed by atoms with Gasteiger partial charge in [-0.15, -0.1) is 0 Å². The molecule has 2 rings (SSSR count). The lowest BCUT2D eigenvalue weighted by molar-refractivity contribution is -0.131. The number of morpholine rings is 1. The van der Waals surface area contributed by atoms with Crippen molar-refractivity contribution in [3.05, 3.63) is 41.2 Å². The Balaban J connectivity index is 2.19. The fourth-order valence-electron chi connectivity index (χ4n) is 2.24. The molecular formula is C15H18FNO3. The molecular weight excluding hydrogens is 261 g/mol. The summed E-state index contributed by atoms with van der Waals surface area (Å²) in [6.45, 7) is 4.92. The summed E-state index contributed by atoms with van der Waals surface area (Å²) in [6.07, 6.45) is 2.47. The van der Waals surface area contributed by atoms with Crippen LogP contribution in [0.15, 0.2) is 24.3 Å². The first-order valence-corrected chi connectivity index (χ1v) is 6.57. The second-order valence-electron chi connectivity index (χ2n) is 4.91. The molecule has 0 saturated carbocycles. The molecule has 0 aromatic heterocycles. The summed E-state index contributed by atoms with van der Waals surface area (Å²) >= 11 is 0. The zero-order chi connectivity index (χ0) is 14.5. The molecule has 1 atom stereocenters. The van der Waals surface area contributed by atoms with Crippen molar-refractivity contribution in [3.8, 4) is 0 Å². The molecule has 1 aliphatic rings. The van der Waals surface area contributed by atoms with Crippen LogP contribution in [0.1, 0.15) is 18.1 Å². The minimum atomic E-state index is -1.04. The molecule has 1 aromatic rings. The van der Waals surface area contributed by atoms with Gasteiger partial charge in [0.05, 0.1) is 13.2 Å². The van der Waals surface area contributed by atoms with Gasteiger partial charge in [-0.3, -0.25) is 4.90 Å². The molecule has 0 spiro atoms. The van der Waals surface area contributed by atoms with E-state index in [4.69, 9.17) is 9.84 Å². The van der Waals surface area contributed by atoms with E-state index in [9.17, 15) is 9.18 Å². The molecule has 4 nitrogen and oxygen atoms in total. The topological polar surface area (TPSA) is 49.8 Å². The van der Waals surface area contributed by atoms with Gasteiger partial charge in [-0.2, -0.15) is 0 Å². The molecule has 1 saturated heterocycles. The Labute approximate surface area is 117 Å². The van der Waals surface area contributed by atoms with Gasteiger partial charge in [-0.05, 0) is 36.3 Å². The van der Waals surface area contributed by atoms with Crippen LogP contribution in [0.2, 0.25) is 0 Å². The zero-order valence-corrected chi connectivity index (χ0v) is 11.4. The van der Waals surface area contributed by atoms with E-state index in [0.717, 1.165) is 18.2 Å². The molecule has 0 aliphatic carbocycles. The van der Waals surface area contributed by atoms with E-state index >= 15 is 0 Å². The van der Waals surface area contributed by atoms with Gasteiger partial charge in [0.15, 0.2) is 0 Å². The lowest BCUT2D eigenvalue weighted by Gasteiger charge is -2.33. The summed E-state index contributed by atoms with van der Waals surface area (Å²) in [4.78, 5) is 12.8. The summed E-state index contributed by atoms with van der Waals surface area (Å²) in [5.74, 6) is -1.41. The first kappa shape index (κ1) is 14.7. The van der Waals surface area contributed by atoms with Crippen LogP contribution in [0.5, 0.6) is 0 Å². The van der Waals surface area contributed by atoms with Gasteiger partial charge < -0.3 is 9.84 Å². The van der Waals surface area contributed by atoms with E-state index in [1.54, 1.807) is 6.07 Å². The minimum Gasteiger partial charge on any atom is -0.478 e. The largest absolute Gasteiger partial charge is 0.478 e. The highest BCUT2D eigenvalue weighted by Crippen LogP contribution is 2.18. The number of hydrogen-bond acceptors (Lipinski definition) is 3. The molecule has 1 fully saturated rings. The van der Waals surface area contributed by atoms with Crippen LogP contribution < -0.4 is 0 Å². The Morgan fingerprint density at radius 3 is 3.10 bits per heavy atom. The van der Waals surface area contributed by atoms with Crippen molar-refractivity contribution < 1.29 is 19.0 Å². The second kappa shape index (κ2) is 6.63. The fourth-order valence-corrected chi connectivity index (χ4v) is 2.24. The smallest absolute Gasteiger partial charge is 0.328 e. The van der Waals surface area contributed by atoms with Crippen molar-refractivity contribution in [2.75, 3.05) is 19.8 Å². The standard InChI is InChI=1S/C15H18FNO3/c1-11-10-20-7-6-17(11)9-13-2-4-14(16)8-12(13)3-5-15(18)19/h2-5,8,11H,6-7,9-10H2,1H3,(H,18,19). The number of carboxylic acid groups (broad SMARTS) is 1. The summed E-state index contributed by atoms with van der Waals surface area (Å²) < 4.78 is 18.7. The molecule has 1 heterocycles. The zero-order valence-electron chi connectivity index (χ0n) is 11.4. The summed E-state index contributed by atoms with van der Waals surface area (Å²) in [5, 5.41) is 8.69. The molecule has 1 unspecified atom stereocenters. The highest BCUT2D eigenvalue weighted by Gasteiger charge is 2.19. The van der Waals surface area contributed by atoms with Gasteiger partial charge in [0, 0.05) is 25.2 Å². The number of carbonyl (C=O) groups is 1. The normalized spacial score (nSPS) is 20.4. The lowest BCUT2D eigenvalue weighted by Crippen LogP contribution is -2.43. The van der Waals surface area contributed by atoms with Crippen LogP contribution in [0.4, 0.5) is 4.39 Å². The molecule has 1 aromatic carbocycles. The van der Waals surface area contributed by atoms with Gasteiger partial charge in [0.2, 0.25) is 0 Å². The third-order valence-corrected chi connectivity index (χ3v) is 3.39. The number of nitrogens with zero attached hydrogens (tertiary/aromatic N) is 1. The van der Waals surface area contributed by atoms with E-state index in [1.807, 2.05) is 0 Å². The van der Waals surface area contributed by atoms with Gasteiger partial charge in [0.25, 0.3) is 0 Å². The average molecular weight is 279 g/mol. The van der Waals surface area contributed by atoms with Crippen molar-refractivity contribution in [3.63, 3.8) is 0 Å². The van der Waals surface area contributed by atoms with Crippen molar-refractivity contribution >= 4 is 12.0 Å². The van der Waals surface area contributed by atoms with Crippen LogP contribution in [0.25, 0.3) is 6.08 Å². The fraction of sp³-hybridized carbons (Fsp3) is 0.400. The number of rotatable bonds is 4. The maximum absolute atomic E-state index is 13.3. The van der Waals surface area contributed by atoms with Crippen molar-refractivity contribution in [2.24, 2.45) is 0 Å². The second-order valence-corrected chi connectivity index (χ2v) is 4.91. The molecule has 108 valence electrons. The van der Waals surface area contributed by atoms with E-state index in [-0.39, 0.29) is 5.82 Å². The highest BCUT2D eigenvalue weighted by molar-refractivity contribution is 5.85. The Morgan fingerprint density at radius 2 is 2.40 bits per heavy atom. The van der Waals surface area contributed by atoms with E-state index in [0.29, 0.717) is 31.4 Å². The Bertz CT molecular complexity index is 516. The van der Waals surface area contributed by atoms with Gasteiger partial charge in [-0.1, -0.05) is 6.07 Å². The van der Waals surface area contributed by atoms with Crippen LogP contribution in [-0.4, -0.2) is 41.8 Å².